The molecule has 1 atom stereocenters. The standard InChI is InChI=1S/C23H19N3O/c27-22-13-18(17-9-11-24-12-10-17)19-15-26(14-16-5-2-1-3-6-16)21-8-4-7-20(25-22)23(19)21/h1-12,15,18H,13-14H2,(H,25,27). The Morgan fingerprint density at radius 2 is 1.81 bits per heavy atom. The van der Waals surface area contributed by atoms with Gasteiger partial charge in [-0.25, -0.2) is 0 Å². The first-order valence-electron chi connectivity index (χ1n) is 9.15. The molecule has 1 unspecified atom stereocenters. The number of pyridine rings is 1. The van der Waals surface area contributed by atoms with Crippen LogP contribution in [0, 0.1) is 0 Å². The van der Waals surface area contributed by atoms with Crippen LogP contribution >= 0.6 is 0 Å². The van der Waals surface area contributed by atoms with Gasteiger partial charge in [0.1, 0.15) is 0 Å². The topological polar surface area (TPSA) is 46.9 Å². The number of benzene rings is 2. The molecule has 0 saturated heterocycles. The van der Waals surface area contributed by atoms with E-state index in [0.29, 0.717) is 6.42 Å². The zero-order valence-corrected chi connectivity index (χ0v) is 14.8. The monoisotopic (exact) mass is 353 g/mol. The molecule has 0 aliphatic carbocycles. The maximum absolute atomic E-state index is 12.5. The van der Waals surface area contributed by atoms with E-state index in [4.69, 9.17) is 0 Å². The lowest BCUT2D eigenvalue weighted by Crippen LogP contribution is -2.14. The second kappa shape index (κ2) is 6.40. The van der Waals surface area contributed by atoms with E-state index in [0.717, 1.165) is 28.7 Å². The van der Waals surface area contributed by atoms with Gasteiger partial charge < -0.3 is 9.88 Å². The Hall–Kier alpha value is -3.40. The van der Waals surface area contributed by atoms with Gasteiger partial charge in [-0.3, -0.25) is 9.78 Å². The molecule has 3 heterocycles. The normalized spacial score (nSPS) is 16.1. The number of hydrogen-bond donors (Lipinski definition) is 1. The highest BCUT2D eigenvalue weighted by molar-refractivity contribution is 6.06. The maximum Gasteiger partial charge on any atom is 0.225 e. The lowest BCUT2D eigenvalue weighted by molar-refractivity contribution is -0.116. The Morgan fingerprint density at radius 3 is 2.63 bits per heavy atom. The van der Waals surface area contributed by atoms with E-state index in [1.165, 1.54) is 11.1 Å². The van der Waals surface area contributed by atoms with Crippen molar-refractivity contribution in [3.8, 4) is 0 Å². The van der Waals surface area contributed by atoms with Gasteiger partial charge in [-0.05, 0) is 41.0 Å². The molecule has 2 aromatic heterocycles. The summed E-state index contributed by atoms with van der Waals surface area (Å²) in [6, 6.07) is 20.6. The molecule has 132 valence electrons. The SMILES string of the molecule is O=C1CC(c2ccncc2)c2cn(Cc3ccccc3)c3cccc(c23)N1. The van der Waals surface area contributed by atoms with Gasteiger partial charge in [0.15, 0.2) is 0 Å². The minimum atomic E-state index is 0.0242. The lowest BCUT2D eigenvalue weighted by atomic mass is 9.89. The average molecular weight is 353 g/mol. The summed E-state index contributed by atoms with van der Waals surface area (Å²) in [5.41, 5.74) is 5.62. The highest BCUT2D eigenvalue weighted by atomic mass is 16.1. The minimum absolute atomic E-state index is 0.0242. The molecule has 0 fully saturated rings. The number of carbonyl (C=O) groups excluding carboxylic acids is 1. The van der Waals surface area contributed by atoms with Crippen molar-refractivity contribution in [3.05, 3.63) is 95.9 Å². The molecular weight excluding hydrogens is 334 g/mol. The Kier molecular flexibility index (Phi) is 3.75. The van der Waals surface area contributed by atoms with E-state index in [-0.39, 0.29) is 11.8 Å². The molecule has 1 N–H and O–H groups in total. The van der Waals surface area contributed by atoms with Gasteiger partial charge in [0.05, 0.1) is 11.2 Å². The summed E-state index contributed by atoms with van der Waals surface area (Å²) < 4.78 is 2.29. The van der Waals surface area contributed by atoms with E-state index in [1.54, 1.807) is 12.4 Å². The van der Waals surface area contributed by atoms with Crippen molar-refractivity contribution in [1.29, 1.82) is 0 Å². The Morgan fingerprint density at radius 1 is 1.00 bits per heavy atom. The van der Waals surface area contributed by atoms with Crippen LogP contribution in [0.1, 0.15) is 29.0 Å². The van der Waals surface area contributed by atoms with Crippen LogP contribution in [0.3, 0.4) is 0 Å². The first-order valence-corrected chi connectivity index (χ1v) is 9.15. The number of carbonyl (C=O) groups is 1. The van der Waals surface area contributed by atoms with Gasteiger partial charge in [-0.2, -0.15) is 0 Å². The summed E-state index contributed by atoms with van der Waals surface area (Å²) in [4.78, 5) is 16.6. The van der Waals surface area contributed by atoms with Crippen molar-refractivity contribution in [2.24, 2.45) is 0 Å². The first kappa shape index (κ1) is 15.8. The van der Waals surface area contributed by atoms with Crippen LogP contribution in [0.2, 0.25) is 0 Å². The lowest BCUT2D eigenvalue weighted by Gasteiger charge is -2.14. The van der Waals surface area contributed by atoms with Crippen molar-refractivity contribution >= 4 is 22.5 Å². The van der Waals surface area contributed by atoms with Crippen LogP contribution < -0.4 is 5.32 Å². The first-order chi connectivity index (χ1) is 13.3. The van der Waals surface area contributed by atoms with Gasteiger partial charge in [0.25, 0.3) is 0 Å². The van der Waals surface area contributed by atoms with Gasteiger partial charge in [-0.1, -0.05) is 36.4 Å². The van der Waals surface area contributed by atoms with Crippen LogP contribution in [0.5, 0.6) is 0 Å². The van der Waals surface area contributed by atoms with E-state index in [1.807, 2.05) is 30.3 Å². The fourth-order valence-electron chi connectivity index (χ4n) is 4.05. The zero-order valence-electron chi connectivity index (χ0n) is 14.8. The smallest absolute Gasteiger partial charge is 0.225 e. The molecule has 0 saturated carbocycles. The fourth-order valence-corrected chi connectivity index (χ4v) is 4.05. The Balaban J connectivity index is 1.71. The van der Waals surface area contributed by atoms with Gasteiger partial charge in [0, 0.05) is 42.9 Å². The van der Waals surface area contributed by atoms with Crippen LogP contribution in [-0.2, 0) is 11.3 Å². The molecule has 2 aromatic carbocycles. The third-order valence-corrected chi connectivity index (χ3v) is 5.28. The molecule has 4 heteroatoms. The van der Waals surface area contributed by atoms with Crippen LogP contribution in [0.25, 0.3) is 10.9 Å². The van der Waals surface area contributed by atoms with Crippen molar-refractivity contribution in [2.75, 3.05) is 5.32 Å². The van der Waals surface area contributed by atoms with Crippen molar-refractivity contribution < 1.29 is 4.79 Å². The average Bonchev–Trinajstić information content (AvgIpc) is 2.99. The van der Waals surface area contributed by atoms with E-state index >= 15 is 0 Å². The Bertz CT molecular complexity index is 1120. The summed E-state index contributed by atoms with van der Waals surface area (Å²) in [5, 5.41) is 4.24. The number of amides is 1. The van der Waals surface area contributed by atoms with E-state index in [9.17, 15) is 4.79 Å². The second-order valence-corrected chi connectivity index (χ2v) is 6.98. The third-order valence-electron chi connectivity index (χ3n) is 5.28. The molecule has 0 bridgehead atoms. The molecule has 5 rings (SSSR count). The van der Waals surface area contributed by atoms with Crippen LogP contribution in [-0.4, -0.2) is 15.5 Å². The molecule has 0 spiro atoms. The number of rotatable bonds is 3. The van der Waals surface area contributed by atoms with Crippen LogP contribution in [0.4, 0.5) is 5.69 Å². The largest absolute Gasteiger partial charge is 0.343 e. The van der Waals surface area contributed by atoms with E-state index < -0.39 is 0 Å². The summed E-state index contributed by atoms with van der Waals surface area (Å²) in [7, 11) is 0. The highest BCUT2D eigenvalue weighted by Crippen LogP contribution is 2.40. The molecule has 27 heavy (non-hydrogen) atoms. The zero-order chi connectivity index (χ0) is 18.2. The summed E-state index contributed by atoms with van der Waals surface area (Å²) in [6.45, 7) is 0.803. The summed E-state index contributed by atoms with van der Waals surface area (Å²) in [6.07, 6.45) is 6.24. The third kappa shape index (κ3) is 2.79. The minimum Gasteiger partial charge on any atom is -0.343 e. The number of aromatic nitrogens is 2. The summed E-state index contributed by atoms with van der Waals surface area (Å²) in [5.74, 6) is 0.0753. The van der Waals surface area contributed by atoms with Gasteiger partial charge >= 0.3 is 0 Å². The van der Waals surface area contributed by atoms with E-state index in [2.05, 4.69) is 51.4 Å². The number of hydrogen-bond acceptors (Lipinski definition) is 2. The number of nitrogens with one attached hydrogen (secondary N) is 1. The molecule has 0 radical (unpaired) electrons. The fraction of sp³-hybridized carbons (Fsp3) is 0.130. The van der Waals surface area contributed by atoms with Crippen molar-refractivity contribution in [2.45, 2.75) is 18.9 Å². The van der Waals surface area contributed by atoms with Gasteiger partial charge in [0.2, 0.25) is 5.91 Å². The predicted octanol–water partition coefficient (Wildman–Crippen LogP) is 4.56. The van der Waals surface area contributed by atoms with Crippen molar-refractivity contribution in [3.63, 3.8) is 0 Å². The molecule has 1 amide bonds. The Labute approximate surface area is 157 Å². The maximum atomic E-state index is 12.5. The molecule has 4 aromatic rings. The highest BCUT2D eigenvalue weighted by Gasteiger charge is 2.27. The molecular formula is C23H19N3O. The predicted molar refractivity (Wildman–Crippen MR) is 107 cm³/mol. The van der Waals surface area contributed by atoms with Crippen molar-refractivity contribution in [1.82, 2.24) is 9.55 Å². The van der Waals surface area contributed by atoms with Crippen LogP contribution in [0.15, 0.2) is 79.3 Å². The quantitative estimate of drug-likeness (QED) is 0.587. The second-order valence-electron chi connectivity index (χ2n) is 6.98. The molecule has 1 aliphatic heterocycles. The summed E-state index contributed by atoms with van der Waals surface area (Å²) >= 11 is 0. The number of nitrogens with zero attached hydrogens (tertiary/aromatic N) is 2. The number of anilines is 1. The molecule has 1 aliphatic rings. The molecule has 4 nitrogen and oxygen atoms in total. The van der Waals surface area contributed by atoms with Gasteiger partial charge in [-0.15, -0.1) is 0 Å².